The minimum Gasteiger partial charge on any atom is -0.372 e. The fourth-order valence-electron chi connectivity index (χ4n) is 4.21. The molecule has 0 spiro atoms. The highest BCUT2D eigenvalue weighted by Gasteiger charge is 2.26. The lowest BCUT2D eigenvalue weighted by molar-refractivity contribution is 0.102. The third kappa shape index (κ3) is 5.26. The van der Waals surface area contributed by atoms with Gasteiger partial charge in [0.1, 0.15) is 5.82 Å². The Hall–Kier alpha value is -2.15. The quantitative estimate of drug-likeness (QED) is 0.751. The standard InChI is InChI=1S/C22H28ClN5O/c23-17-7-8-21(24-15-17)26-22(29)19-5-1-2-6-20(19)25-16-27-13-9-18(10-14-27)28-11-3-4-12-28/h1-2,5-8,15,18,25H,3-4,9-14,16H2,(H,24,26,29). The molecule has 29 heavy (non-hydrogen) atoms. The summed E-state index contributed by atoms with van der Waals surface area (Å²) in [4.78, 5) is 21.9. The second-order valence-corrected chi connectivity index (χ2v) is 8.22. The van der Waals surface area contributed by atoms with Gasteiger partial charge in [-0.3, -0.25) is 9.69 Å². The molecule has 0 atom stereocenters. The van der Waals surface area contributed by atoms with Crippen LogP contribution < -0.4 is 10.6 Å². The van der Waals surface area contributed by atoms with Crippen molar-refractivity contribution in [2.45, 2.75) is 31.7 Å². The lowest BCUT2D eigenvalue weighted by Crippen LogP contribution is -2.45. The molecule has 1 amide bonds. The number of nitrogens with zero attached hydrogens (tertiary/aromatic N) is 3. The summed E-state index contributed by atoms with van der Waals surface area (Å²) < 4.78 is 0. The fourth-order valence-corrected chi connectivity index (χ4v) is 4.33. The zero-order chi connectivity index (χ0) is 20.1. The van der Waals surface area contributed by atoms with Crippen LogP contribution in [-0.4, -0.2) is 59.6 Å². The minimum absolute atomic E-state index is 0.185. The Labute approximate surface area is 177 Å². The number of aromatic nitrogens is 1. The Bertz CT molecular complexity index is 814. The van der Waals surface area contributed by atoms with Crippen molar-refractivity contribution in [2.24, 2.45) is 0 Å². The zero-order valence-corrected chi connectivity index (χ0v) is 17.4. The van der Waals surface area contributed by atoms with Gasteiger partial charge in [0.25, 0.3) is 5.91 Å². The summed E-state index contributed by atoms with van der Waals surface area (Å²) in [6.07, 6.45) is 6.68. The van der Waals surface area contributed by atoms with Crippen LogP contribution in [0.15, 0.2) is 42.6 Å². The number of anilines is 2. The van der Waals surface area contributed by atoms with Crippen LogP contribution in [0.2, 0.25) is 5.02 Å². The van der Waals surface area contributed by atoms with E-state index >= 15 is 0 Å². The maximum Gasteiger partial charge on any atom is 0.258 e. The largest absolute Gasteiger partial charge is 0.372 e. The lowest BCUT2D eigenvalue weighted by Gasteiger charge is -2.36. The summed E-state index contributed by atoms with van der Waals surface area (Å²) in [5.74, 6) is 0.300. The topological polar surface area (TPSA) is 60.5 Å². The number of amides is 1. The number of carbonyl (C=O) groups excluding carboxylic acids is 1. The van der Waals surface area contributed by atoms with Crippen LogP contribution >= 0.6 is 11.6 Å². The Balaban J connectivity index is 1.31. The number of para-hydroxylation sites is 1. The second-order valence-electron chi connectivity index (χ2n) is 7.79. The maximum atomic E-state index is 12.7. The highest BCUT2D eigenvalue weighted by Crippen LogP contribution is 2.22. The lowest BCUT2D eigenvalue weighted by atomic mass is 10.0. The van der Waals surface area contributed by atoms with Gasteiger partial charge in [0.05, 0.1) is 17.3 Å². The molecule has 0 bridgehead atoms. The number of halogens is 1. The molecular formula is C22H28ClN5O. The van der Waals surface area contributed by atoms with Gasteiger partial charge in [-0.15, -0.1) is 0 Å². The molecule has 0 radical (unpaired) electrons. The molecule has 154 valence electrons. The van der Waals surface area contributed by atoms with Gasteiger partial charge in [-0.2, -0.15) is 0 Å². The van der Waals surface area contributed by atoms with Gasteiger partial charge in [-0.05, 0) is 63.0 Å². The maximum absolute atomic E-state index is 12.7. The second kappa shape index (κ2) is 9.57. The van der Waals surface area contributed by atoms with Crippen molar-refractivity contribution < 1.29 is 4.79 Å². The molecule has 2 aliphatic heterocycles. The number of benzene rings is 1. The summed E-state index contributed by atoms with van der Waals surface area (Å²) in [5.41, 5.74) is 1.44. The molecule has 1 aromatic heterocycles. The number of rotatable bonds is 6. The Kier molecular flexibility index (Phi) is 6.64. The molecule has 2 aliphatic rings. The first-order valence-electron chi connectivity index (χ1n) is 10.4. The molecule has 2 aromatic rings. The van der Waals surface area contributed by atoms with Crippen molar-refractivity contribution in [3.05, 3.63) is 53.2 Å². The van der Waals surface area contributed by atoms with Gasteiger partial charge in [0, 0.05) is 31.0 Å². The van der Waals surface area contributed by atoms with E-state index in [0.717, 1.165) is 31.5 Å². The van der Waals surface area contributed by atoms with E-state index < -0.39 is 0 Å². The third-order valence-electron chi connectivity index (χ3n) is 5.85. The minimum atomic E-state index is -0.185. The number of piperidine rings is 1. The summed E-state index contributed by atoms with van der Waals surface area (Å²) in [6.45, 7) is 5.48. The first-order chi connectivity index (χ1) is 14.2. The number of carbonyl (C=O) groups is 1. The Morgan fingerprint density at radius 1 is 1.07 bits per heavy atom. The fraction of sp³-hybridized carbons (Fsp3) is 0.455. The highest BCUT2D eigenvalue weighted by atomic mass is 35.5. The number of pyridine rings is 1. The smallest absolute Gasteiger partial charge is 0.258 e. The average molecular weight is 414 g/mol. The van der Waals surface area contributed by atoms with E-state index in [-0.39, 0.29) is 5.91 Å². The summed E-state index contributed by atoms with van der Waals surface area (Å²) >= 11 is 5.86. The van der Waals surface area contributed by atoms with Crippen molar-refractivity contribution in [2.75, 3.05) is 43.5 Å². The van der Waals surface area contributed by atoms with E-state index in [1.54, 1.807) is 12.1 Å². The van der Waals surface area contributed by atoms with E-state index in [9.17, 15) is 4.79 Å². The van der Waals surface area contributed by atoms with Crippen LogP contribution in [0.3, 0.4) is 0 Å². The zero-order valence-electron chi connectivity index (χ0n) is 16.6. The van der Waals surface area contributed by atoms with Crippen molar-refractivity contribution in [1.82, 2.24) is 14.8 Å². The van der Waals surface area contributed by atoms with E-state index in [0.29, 0.717) is 16.4 Å². The van der Waals surface area contributed by atoms with E-state index in [1.807, 2.05) is 24.3 Å². The molecule has 0 aliphatic carbocycles. The molecule has 3 heterocycles. The van der Waals surface area contributed by atoms with Crippen LogP contribution in [0.1, 0.15) is 36.0 Å². The van der Waals surface area contributed by atoms with Gasteiger partial charge in [-0.25, -0.2) is 4.98 Å². The molecule has 2 N–H and O–H groups in total. The summed E-state index contributed by atoms with van der Waals surface area (Å²) in [5, 5.41) is 6.83. The Morgan fingerprint density at radius 3 is 2.55 bits per heavy atom. The summed E-state index contributed by atoms with van der Waals surface area (Å²) in [7, 11) is 0. The van der Waals surface area contributed by atoms with Crippen molar-refractivity contribution in [3.8, 4) is 0 Å². The van der Waals surface area contributed by atoms with Gasteiger partial charge < -0.3 is 15.5 Å². The van der Waals surface area contributed by atoms with Crippen LogP contribution in [-0.2, 0) is 0 Å². The normalized spacial score (nSPS) is 18.7. The van der Waals surface area contributed by atoms with Crippen LogP contribution in [0, 0.1) is 0 Å². The molecule has 2 saturated heterocycles. The first kappa shape index (κ1) is 20.1. The molecular weight excluding hydrogens is 386 g/mol. The number of hydrogen-bond acceptors (Lipinski definition) is 5. The highest BCUT2D eigenvalue weighted by molar-refractivity contribution is 6.30. The van der Waals surface area contributed by atoms with Crippen LogP contribution in [0.5, 0.6) is 0 Å². The average Bonchev–Trinajstić information content (AvgIpc) is 3.29. The first-order valence-corrected chi connectivity index (χ1v) is 10.8. The monoisotopic (exact) mass is 413 g/mol. The molecule has 4 rings (SSSR count). The van der Waals surface area contributed by atoms with Crippen molar-refractivity contribution >= 4 is 29.0 Å². The third-order valence-corrected chi connectivity index (χ3v) is 6.07. The van der Waals surface area contributed by atoms with Crippen molar-refractivity contribution in [1.29, 1.82) is 0 Å². The molecule has 0 saturated carbocycles. The molecule has 1 aromatic carbocycles. The molecule has 0 unspecified atom stereocenters. The van der Waals surface area contributed by atoms with Gasteiger partial charge in [-0.1, -0.05) is 23.7 Å². The number of nitrogens with one attached hydrogen (secondary N) is 2. The van der Waals surface area contributed by atoms with Crippen LogP contribution in [0.4, 0.5) is 11.5 Å². The predicted molar refractivity (Wildman–Crippen MR) is 118 cm³/mol. The van der Waals surface area contributed by atoms with E-state index in [1.165, 1.54) is 45.0 Å². The molecule has 6 nitrogen and oxygen atoms in total. The van der Waals surface area contributed by atoms with Crippen molar-refractivity contribution in [3.63, 3.8) is 0 Å². The Morgan fingerprint density at radius 2 is 1.83 bits per heavy atom. The van der Waals surface area contributed by atoms with E-state index in [2.05, 4.69) is 25.4 Å². The molecule has 2 fully saturated rings. The number of likely N-dealkylation sites (tertiary alicyclic amines) is 2. The van der Waals surface area contributed by atoms with Gasteiger partial charge in [0.2, 0.25) is 0 Å². The summed E-state index contributed by atoms with van der Waals surface area (Å²) in [6, 6.07) is 11.7. The van der Waals surface area contributed by atoms with E-state index in [4.69, 9.17) is 11.6 Å². The van der Waals surface area contributed by atoms with Crippen LogP contribution in [0.25, 0.3) is 0 Å². The van der Waals surface area contributed by atoms with Gasteiger partial charge in [0.15, 0.2) is 0 Å². The van der Waals surface area contributed by atoms with Gasteiger partial charge >= 0.3 is 0 Å². The molecule has 7 heteroatoms. The SMILES string of the molecule is O=C(Nc1ccc(Cl)cn1)c1ccccc1NCN1CCC(N2CCCC2)CC1. The predicted octanol–water partition coefficient (Wildman–Crippen LogP) is 3.92. The number of hydrogen-bond donors (Lipinski definition) is 2.